The molecule has 0 unspecified atom stereocenters. The molecule has 0 saturated heterocycles. The molecule has 2 heterocycles. The van der Waals surface area contributed by atoms with Crippen LogP contribution in [-0.2, 0) is 0 Å². The van der Waals surface area contributed by atoms with E-state index >= 15 is 0 Å². The lowest BCUT2D eigenvalue weighted by atomic mass is 10.2. The maximum atomic E-state index is 5.61. The van der Waals surface area contributed by atoms with Gasteiger partial charge in [-0.1, -0.05) is 18.2 Å². The molecule has 0 aliphatic heterocycles. The van der Waals surface area contributed by atoms with E-state index in [2.05, 4.69) is 15.0 Å². The zero-order valence-corrected chi connectivity index (χ0v) is 9.45. The number of fused-ring (bicyclic) bond motifs is 1. The van der Waals surface area contributed by atoms with E-state index in [-0.39, 0.29) is 6.01 Å². The summed E-state index contributed by atoms with van der Waals surface area (Å²) in [6, 6.07) is 9.80. The Morgan fingerprint density at radius 2 is 1.72 bits per heavy atom. The highest BCUT2D eigenvalue weighted by atomic mass is 16.5. The smallest absolute Gasteiger partial charge is 0.322 e. The van der Waals surface area contributed by atoms with Gasteiger partial charge in [0.15, 0.2) is 5.75 Å². The van der Waals surface area contributed by atoms with E-state index in [4.69, 9.17) is 10.5 Å². The van der Waals surface area contributed by atoms with Crippen molar-refractivity contribution in [3.63, 3.8) is 0 Å². The Bertz CT molecular complexity index is 677. The number of nitrogens with two attached hydrogens (primary N) is 1. The third kappa shape index (κ3) is 1.93. The SMILES string of the molecule is Nc1cnc(Oc2cccc3cccnc23)nc1. The number of hydrogen-bond donors (Lipinski definition) is 1. The first-order valence-electron chi connectivity index (χ1n) is 5.42. The van der Waals surface area contributed by atoms with Crippen molar-refractivity contribution in [1.82, 2.24) is 15.0 Å². The first-order valence-corrected chi connectivity index (χ1v) is 5.42. The molecule has 0 amide bonds. The van der Waals surface area contributed by atoms with Gasteiger partial charge in [-0.15, -0.1) is 0 Å². The summed E-state index contributed by atoms with van der Waals surface area (Å²) in [6.07, 6.45) is 4.72. The molecule has 3 rings (SSSR count). The second-order valence-corrected chi connectivity index (χ2v) is 3.73. The Labute approximate surface area is 103 Å². The minimum Gasteiger partial charge on any atom is -0.422 e. The molecular weight excluding hydrogens is 228 g/mol. The second-order valence-electron chi connectivity index (χ2n) is 3.73. The molecule has 0 bridgehead atoms. The number of anilines is 1. The van der Waals surface area contributed by atoms with Crippen LogP contribution >= 0.6 is 0 Å². The molecule has 0 fully saturated rings. The molecule has 2 aromatic heterocycles. The van der Waals surface area contributed by atoms with Gasteiger partial charge in [0, 0.05) is 11.6 Å². The zero-order valence-electron chi connectivity index (χ0n) is 9.45. The Balaban J connectivity index is 2.02. The van der Waals surface area contributed by atoms with Gasteiger partial charge in [0.1, 0.15) is 5.52 Å². The summed E-state index contributed by atoms with van der Waals surface area (Å²) in [5, 5.41) is 1.01. The van der Waals surface area contributed by atoms with Gasteiger partial charge in [0.05, 0.1) is 18.1 Å². The third-order valence-corrected chi connectivity index (χ3v) is 2.45. The summed E-state index contributed by atoms with van der Waals surface area (Å²) in [6.45, 7) is 0. The molecule has 0 aliphatic rings. The maximum Gasteiger partial charge on any atom is 0.322 e. The Hall–Kier alpha value is -2.69. The summed E-state index contributed by atoms with van der Waals surface area (Å²) in [5.41, 5.74) is 6.79. The lowest BCUT2D eigenvalue weighted by molar-refractivity contribution is 0.446. The minimum absolute atomic E-state index is 0.252. The van der Waals surface area contributed by atoms with E-state index in [1.165, 1.54) is 12.4 Å². The van der Waals surface area contributed by atoms with Crippen LogP contribution in [-0.4, -0.2) is 15.0 Å². The standard InChI is InChI=1S/C13H10N4O/c14-10-7-16-13(17-8-10)18-11-5-1-3-9-4-2-6-15-12(9)11/h1-8H,14H2. The van der Waals surface area contributed by atoms with Crippen molar-refractivity contribution >= 4 is 16.6 Å². The van der Waals surface area contributed by atoms with Crippen LogP contribution in [0, 0.1) is 0 Å². The molecular formula is C13H10N4O. The van der Waals surface area contributed by atoms with Crippen molar-refractivity contribution in [2.45, 2.75) is 0 Å². The van der Waals surface area contributed by atoms with Gasteiger partial charge in [-0.25, -0.2) is 9.97 Å². The van der Waals surface area contributed by atoms with Crippen molar-refractivity contribution in [2.24, 2.45) is 0 Å². The van der Waals surface area contributed by atoms with Gasteiger partial charge in [0.2, 0.25) is 0 Å². The fourth-order valence-corrected chi connectivity index (χ4v) is 1.64. The number of hydrogen-bond acceptors (Lipinski definition) is 5. The molecule has 0 aliphatic carbocycles. The van der Waals surface area contributed by atoms with Crippen LogP contribution in [0.4, 0.5) is 5.69 Å². The first kappa shape index (κ1) is 10.5. The number of rotatable bonds is 2. The molecule has 18 heavy (non-hydrogen) atoms. The van der Waals surface area contributed by atoms with Crippen molar-refractivity contribution in [3.05, 3.63) is 48.9 Å². The van der Waals surface area contributed by atoms with Crippen LogP contribution < -0.4 is 10.5 Å². The number of ether oxygens (including phenoxy) is 1. The Kier molecular flexibility index (Phi) is 2.49. The molecule has 2 N–H and O–H groups in total. The molecule has 1 aromatic carbocycles. The van der Waals surface area contributed by atoms with Gasteiger partial charge in [-0.3, -0.25) is 4.98 Å². The van der Waals surface area contributed by atoms with E-state index in [0.29, 0.717) is 11.4 Å². The van der Waals surface area contributed by atoms with Crippen molar-refractivity contribution < 1.29 is 4.74 Å². The van der Waals surface area contributed by atoms with Crippen molar-refractivity contribution in [3.8, 4) is 11.8 Å². The lowest BCUT2D eigenvalue weighted by Crippen LogP contribution is -1.94. The minimum atomic E-state index is 0.252. The van der Waals surface area contributed by atoms with Crippen LogP contribution in [0.25, 0.3) is 10.9 Å². The topological polar surface area (TPSA) is 73.9 Å². The summed E-state index contributed by atoms with van der Waals surface area (Å²) < 4.78 is 5.61. The van der Waals surface area contributed by atoms with E-state index in [1.807, 2.05) is 30.3 Å². The normalized spacial score (nSPS) is 10.4. The molecule has 0 radical (unpaired) electrons. The first-order chi connectivity index (χ1) is 8.83. The van der Waals surface area contributed by atoms with E-state index in [1.54, 1.807) is 6.20 Å². The summed E-state index contributed by atoms with van der Waals surface area (Å²) >= 11 is 0. The number of aromatic nitrogens is 3. The van der Waals surface area contributed by atoms with E-state index in [9.17, 15) is 0 Å². The zero-order chi connectivity index (χ0) is 12.4. The number of nitrogen functional groups attached to an aromatic ring is 1. The molecule has 88 valence electrons. The highest BCUT2D eigenvalue weighted by Crippen LogP contribution is 2.26. The number of benzene rings is 1. The van der Waals surface area contributed by atoms with Gasteiger partial charge in [-0.05, 0) is 12.1 Å². The number of pyridine rings is 1. The highest BCUT2D eigenvalue weighted by Gasteiger charge is 2.05. The van der Waals surface area contributed by atoms with Crippen molar-refractivity contribution in [2.75, 3.05) is 5.73 Å². The van der Waals surface area contributed by atoms with Crippen LogP contribution in [0.5, 0.6) is 11.8 Å². The largest absolute Gasteiger partial charge is 0.422 e. The predicted molar refractivity (Wildman–Crippen MR) is 68.3 cm³/mol. The van der Waals surface area contributed by atoms with Crippen LogP contribution in [0.3, 0.4) is 0 Å². The van der Waals surface area contributed by atoms with Crippen LogP contribution in [0.15, 0.2) is 48.9 Å². The second kappa shape index (κ2) is 4.29. The summed E-state index contributed by atoms with van der Waals surface area (Å²) in [4.78, 5) is 12.3. The van der Waals surface area contributed by atoms with Gasteiger partial charge in [-0.2, -0.15) is 0 Å². The fraction of sp³-hybridized carbons (Fsp3) is 0. The monoisotopic (exact) mass is 238 g/mol. The third-order valence-electron chi connectivity index (χ3n) is 2.45. The average molecular weight is 238 g/mol. The molecule has 0 saturated carbocycles. The fourth-order valence-electron chi connectivity index (χ4n) is 1.64. The predicted octanol–water partition coefficient (Wildman–Crippen LogP) is 2.40. The molecule has 5 heteroatoms. The van der Waals surface area contributed by atoms with E-state index in [0.717, 1.165) is 10.9 Å². The van der Waals surface area contributed by atoms with Gasteiger partial charge >= 0.3 is 6.01 Å². The van der Waals surface area contributed by atoms with Crippen LogP contribution in [0.1, 0.15) is 0 Å². The maximum absolute atomic E-state index is 5.61. The molecule has 0 atom stereocenters. The number of nitrogens with zero attached hydrogens (tertiary/aromatic N) is 3. The number of para-hydroxylation sites is 1. The molecule has 0 spiro atoms. The van der Waals surface area contributed by atoms with Crippen LogP contribution in [0.2, 0.25) is 0 Å². The molecule has 5 nitrogen and oxygen atoms in total. The highest BCUT2D eigenvalue weighted by molar-refractivity contribution is 5.84. The lowest BCUT2D eigenvalue weighted by Gasteiger charge is -2.06. The summed E-state index contributed by atoms with van der Waals surface area (Å²) in [7, 11) is 0. The summed E-state index contributed by atoms with van der Waals surface area (Å²) in [5.74, 6) is 0.623. The van der Waals surface area contributed by atoms with Gasteiger partial charge < -0.3 is 10.5 Å². The van der Waals surface area contributed by atoms with Crippen molar-refractivity contribution in [1.29, 1.82) is 0 Å². The van der Waals surface area contributed by atoms with E-state index < -0.39 is 0 Å². The molecule has 3 aromatic rings. The Morgan fingerprint density at radius 1 is 0.944 bits per heavy atom. The average Bonchev–Trinajstić information content (AvgIpc) is 2.42. The Morgan fingerprint density at radius 3 is 2.56 bits per heavy atom. The quantitative estimate of drug-likeness (QED) is 0.742. The van der Waals surface area contributed by atoms with Gasteiger partial charge in [0.25, 0.3) is 0 Å².